The summed E-state index contributed by atoms with van der Waals surface area (Å²) in [5, 5.41) is 10.8. The zero-order valence-electron chi connectivity index (χ0n) is 8.37. The van der Waals surface area contributed by atoms with Crippen molar-refractivity contribution in [2.45, 2.75) is 0 Å². The van der Waals surface area contributed by atoms with E-state index in [4.69, 9.17) is 4.74 Å². The topological polar surface area (TPSA) is 53.2 Å². The van der Waals surface area contributed by atoms with Crippen molar-refractivity contribution in [1.29, 1.82) is 0 Å². The summed E-state index contributed by atoms with van der Waals surface area (Å²) in [5.74, 6) is 1.19. The number of aldehydes is 1. The average Bonchev–Trinajstić information content (AvgIpc) is 2.33. The minimum absolute atomic E-state index is 0.575. The first-order valence-electron chi connectivity index (χ1n) is 4.70. The van der Waals surface area contributed by atoms with Crippen LogP contribution in [0.5, 0.6) is 11.5 Å². The molecule has 4 nitrogen and oxygen atoms in total. The molecule has 1 aromatic heterocycles. The molecule has 0 unspecified atom stereocenters. The maximum absolute atomic E-state index is 10.8. The van der Waals surface area contributed by atoms with Gasteiger partial charge < -0.3 is 9.94 Å². The van der Waals surface area contributed by atoms with Crippen molar-refractivity contribution >= 4 is 6.29 Å². The normalized spacial score (nSPS) is 9.75. The molecular formula is C12H9NO3. The van der Waals surface area contributed by atoms with Gasteiger partial charge >= 0.3 is 0 Å². The number of aromatic nitrogens is 1. The minimum Gasteiger partial charge on any atom is -0.619 e. The third-order valence-electron chi connectivity index (χ3n) is 2.02. The summed E-state index contributed by atoms with van der Waals surface area (Å²) in [4.78, 5) is 10.4. The second-order valence-electron chi connectivity index (χ2n) is 3.18. The van der Waals surface area contributed by atoms with E-state index in [1.54, 1.807) is 36.4 Å². The summed E-state index contributed by atoms with van der Waals surface area (Å²) in [6.07, 6.45) is 3.48. The van der Waals surface area contributed by atoms with Crippen molar-refractivity contribution in [1.82, 2.24) is 0 Å². The summed E-state index contributed by atoms with van der Waals surface area (Å²) < 4.78 is 6.15. The van der Waals surface area contributed by atoms with E-state index in [0.29, 0.717) is 21.8 Å². The Labute approximate surface area is 92.3 Å². The van der Waals surface area contributed by atoms with Crippen molar-refractivity contribution in [2.75, 3.05) is 0 Å². The van der Waals surface area contributed by atoms with Crippen LogP contribution < -0.4 is 9.47 Å². The number of hydrogen-bond acceptors (Lipinski definition) is 3. The molecule has 2 aromatic rings. The van der Waals surface area contributed by atoms with Crippen LogP contribution in [-0.2, 0) is 0 Å². The molecule has 4 heteroatoms. The summed E-state index contributed by atoms with van der Waals surface area (Å²) in [6, 6.07) is 9.86. The molecule has 1 heterocycles. The largest absolute Gasteiger partial charge is 0.619 e. The molecule has 0 spiro atoms. The molecule has 0 radical (unpaired) electrons. The van der Waals surface area contributed by atoms with Gasteiger partial charge in [-0.25, -0.2) is 0 Å². The Morgan fingerprint density at radius 2 is 1.56 bits per heavy atom. The van der Waals surface area contributed by atoms with Crippen molar-refractivity contribution in [2.24, 2.45) is 0 Å². The van der Waals surface area contributed by atoms with Crippen molar-refractivity contribution < 1.29 is 14.3 Å². The Hall–Kier alpha value is -2.36. The molecule has 0 bridgehead atoms. The summed E-state index contributed by atoms with van der Waals surface area (Å²) in [7, 11) is 0. The highest BCUT2D eigenvalue weighted by atomic mass is 16.5. The van der Waals surface area contributed by atoms with Gasteiger partial charge in [0.2, 0.25) is 0 Å². The molecular weight excluding hydrogens is 206 g/mol. The number of nitrogens with zero attached hydrogens (tertiary/aromatic N) is 1. The Morgan fingerprint density at radius 1 is 1.00 bits per heavy atom. The molecule has 0 fully saturated rings. The van der Waals surface area contributed by atoms with Crippen LogP contribution in [0.4, 0.5) is 0 Å². The fourth-order valence-corrected chi connectivity index (χ4v) is 1.22. The van der Waals surface area contributed by atoms with Gasteiger partial charge in [-0.1, -0.05) is 0 Å². The third-order valence-corrected chi connectivity index (χ3v) is 2.02. The second kappa shape index (κ2) is 4.44. The lowest BCUT2D eigenvalue weighted by molar-refractivity contribution is -0.605. The average molecular weight is 215 g/mol. The summed E-state index contributed by atoms with van der Waals surface area (Å²) in [5.41, 5.74) is 0.595. The molecule has 0 atom stereocenters. The molecule has 0 aliphatic heterocycles. The predicted octanol–water partition coefficient (Wildman–Crippen LogP) is 1.92. The van der Waals surface area contributed by atoms with Crippen molar-refractivity contribution in [3.63, 3.8) is 0 Å². The molecule has 0 saturated heterocycles. The lowest BCUT2D eigenvalue weighted by Crippen LogP contribution is -2.23. The van der Waals surface area contributed by atoms with Crippen LogP contribution in [0.25, 0.3) is 0 Å². The fraction of sp³-hybridized carbons (Fsp3) is 0. The first-order valence-corrected chi connectivity index (χ1v) is 4.70. The Morgan fingerprint density at radius 3 is 2.12 bits per heavy atom. The SMILES string of the molecule is O=Cc1ccc(Oc2cc[n+]([O-])cc2)cc1. The van der Waals surface area contributed by atoms with E-state index in [1.807, 2.05) is 0 Å². The van der Waals surface area contributed by atoms with Crippen LogP contribution in [-0.4, -0.2) is 6.29 Å². The number of carbonyl (C=O) groups is 1. The number of carbonyl (C=O) groups excluding carboxylic acids is 1. The molecule has 0 amide bonds. The zero-order valence-corrected chi connectivity index (χ0v) is 8.37. The van der Waals surface area contributed by atoms with Gasteiger partial charge in [-0.3, -0.25) is 4.79 Å². The number of rotatable bonds is 3. The van der Waals surface area contributed by atoms with Gasteiger partial charge in [0.05, 0.1) is 0 Å². The number of hydrogen-bond donors (Lipinski definition) is 0. The lowest BCUT2D eigenvalue weighted by atomic mass is 10.2. The Kier molecular flexibility index (Phi) is 2.82. The van der Waals surface area contributed by atoms with Gasteiger partial charge in [0.25, 0.3) is 0 Å². The van der Waals surface area contributed by atoms with E-state index in [2.05, 4.69) is 0 Å². The highest BCUT2D eigenvalue weighted by Crippen LogP contribution is 2.19. The van der Waals surface area contributed by atoms with E-state index in [9.17, 15) is 10.0 Å². The molecule has 16 heavy (non-hydrogen) atoms. The van der Waals surface area contributed by atoms with E-state index >= 15 is 0 Å². The smallest absolute Gasteiger partial charge is 0.184 e. The number of pyridine rings is 1. The van der Waals surface area contributed by atoms with Gasteiger partial charge in [-0.15, -0.1) is 0 Å². The molecule has 80 valence electrons. The van der Waals surface area contributed by atoms with Crippen LogP contribution in [0.1, 0.15) is 10.4 Å². The van der Waals surface area contributed by atoms with E-state index in [1.165, 1.54) is 12.4 Å². The van der Waals surface area contributed by atoms with E-state index in [0.717, 1.165) is 6.29 Å². The molecule has 0 aliphatic carbocycles. The molecule has 0 saturated carbocycles. The maximum Gasteiger partial charge on any atom is 0.184 e. The molecule has 0 aliphatic rings. The maximum atomic E-state index is 10.8. The standard InChI is InChI=1S/C12H9NO3/c14-9-10-1-3-11(4-2-10)16-12-5-7-13(15)8-6-12/h1-9H. The molecule has 0 N–H and O–H groups in total. The highest BCUT2D eigenvalue weighted by molar-refractivity contribution is 5.74. The third kappa shape index (κ3) is 2.36. The van der Waals surface area contributed by atoms with E-state index in [-0.39, 0.29) is 0 Å². The fourth-order valence-electron chi connectivity index (χ4n) is 1.22. The summed E-state index contributed by atoms with van der Waals surface area (Å²) >= 11 is 0. The van der Waals surface area contributed by atoms with Gasteiger partial charge in [0.1, 0.15) is 17.8 Å². The first-order chi connectivity index (χ1) is 7.78. The minimum atomic E-state index is 0.575. The van der Waals surface area contributed by atoms with Crippen LogP contribution in [0, 0.1) is 5.21 Å². The Balaban J connectivity index is 2.14. The van der Waals surface area contributed by atoms with Crippen LogP contribution in [0.2, 0.25) is 0 Å². The zero-order chi connectivity index (χ0) is 11.4. The molecule has 1 aromatic carbocycles. The quantitative estimate of drug-likeness (QED) is 0.446. The number of ether oxygens (including phenoxy) is 1. The Bertz CT molecular complexity index is 477. The van der Waals surface area contributed by atoms with Crippen LogP contribution in [0.15, 0.2) is 48.8 Å². The van der Waals surface area contributed by atoms with Gasteiger partial charge in [-0.2, -0.15) is 4.73 Å². The van der Waals surface area contributed by atoms with Crippen molar-refractivity contribution in [3.8, 4) is 11.5 Å². The predicted molar refractivity (Wildman–Crippen MR) is 57.3 cm³/mol. The van der Waals surface area contributed by atoms with Crippen LogP contribution >= 0.6 is 0 Å². The lowest BCUT2D eigenvalue weighted by Gasteiger charge is -2.04. The van der Waals surface area contributed by atoms with E-state index < -0.39 is 0 Å². The second-order valence-corrected chi connectivity index (χ2v) is 3.18. The first kappa shape index (κ1) is 10.2. The van der Waals surface area contributed by atoms with Crippen molar-refractivity contribution in [3.05, 3.63) is 59.6 Å². The van der Waals surface area contributed by atoms with Gasteiger partial charge in [0, 0.05) is 17.7 Å². The number of benzene rings is 1. The molecule has 2 rings (SSSR count). The summed E-state index contributed by atoms with van der Waals surface area (Å²) in [6.45, 7) is 0. The monoisotopic (exact) mass is 215 g/mol. The van der Waals surface area contributed by atoms with Gasteiger partial charge in [0.15, 0.2) is 12.4 Å². The van der Waals surface area contributed by atoms with Gasteiger partial charge in [-0.05, 0) is 24.3 Å². The highest BCUT2D eigenvalue weighted by Gasteiger charge is 1.98. The van der Waals surface area contributed by atoms with Crippen LogP contribution in [0.3, 0.4) is 0 Å².